The summed E-state index contributed by atoms with van der Waals surface area (Å²) in [6, 6.07) is 1.66. The van der Waals surface area contributed by atoms with Gasteiger partial charge >= 0.3 is 0 Å². The number of hydrogen-bond donors (Lipinski definition) is 2. The lowest BCUT2D eigenvalue weighted by Crippen LogP contribution is -2.15. The van der Waals surface area contributed by atoms with Gasteiger partial charge in [0, 0.05) is 18.9 Å². The highest BCUT2D eigenvalue weighted by Gasteiger charge is 2.23. The van der Waals surface area contributed by atoms with Crippen LogP contribution in [0.4, 0.5) is 11.5 Å². The number of anilines is 2. The van der Waals surface area contributed by atoms with Gasteiger partial charge in [-0.05, 0) is 25.5 Å². The molecule has 0 aromatic carbocycles. The van der Waals surface area contributed by atoms with E-state index in [1.165, 1.54) is 17.1 Å². The van der Waals surface area contributed by atoms with Gasteiger partial charge in [0.05, 0.1) is 5.69 Å². The maximum atomic E-state index is 12.3. The minimum Gasteiger partial charge on any atom is -0.381 e. The Morgan fingerprint density at radius 2 is 2.20 bits per heavy atom. The summed E-state index contributed by atoms with van der Waals surface area (Å²) in [7, 11) is -3.86. The van der Waals surface area contributed by atoms with Crippen LogP contribution >= 0.6 is 11.6 Å². The lowest BCUT2D eigenvalue weighted by Gasteiger charge is -2.10. The van der Waals surface area contributed by atoms with Gasteiger partial charge in [-0.2, -0.15) is 5.10 Å². The highest BCUT2D eigenvalue weighted by molar-refractivity contribution is 7.92. The summed E-state index contributed by atoms with van der Waals surface area (Å²) in [4.78, 5) is 3.76. The molecule has 0 bridgehead atoms. The van der Waals surface area contributed by atoms with Crippen molar-refractivity contribution in [2.75, 3.05) is 10.5 Å². The molecule has 2 heterocycles. The Hall–Kier alpha value is -1.80. The van der Waals surface area contributed by atoms with Crippen molar-refractivity contribution in [3.05, 3.63) is 29.2 Å². The van der Waals surface area contributed by atoms with E-state index in [2.05, 4.69) is 14.8 Å². The SMILES string of the molecule is CCn1cc(S(=O)(=O)Nc2c(C)ccnc2Cl)c(N)n1. The third kappa shape index (κ3) is 2.70. The zero-order valence-electron chi connectivity index (χ0n) is 11.0. The molecular weight excluding hydrogens is 302 g/mol. The zero-order valence-corrected chi connectivity index (χ0v) is 12.5. The van der Waals surface area contributed by atoms with Gasteiger partial charge in [-0.1, -0.05) is 11.6 Å². The molecule has 2 aromatic heterocycles. The minimum atomic E-state index is -3.86. The summed E-state index contributed by atoms with van der Waals surface area (Å²) in [5.41, 5.74) is 6.53. The molecule has 2 rings (SSSR count). The normalized spacial score (nSPS) is 11.6. The van der Waals surface area contributed by atoms with Crippen LogP contribution in [-0.4, -0.2) is 23.2 Å². The van der Waals surface area contributed by atoms with E-state index in [9.17, 15) is 8.42 Å². The van der Waals surface area contributed by atoms with E-state index in [-0.39, 0.29) is 21.6 Å². The summed E-state index contributed by atoms with van der Waals surface area (Å²) < 4.78 is 28.5. The number of nitrogens with one attached hydrogen (secondary N) is 1. The number of nitrogens with zero attached hydrogens (tertiary/aromatic N) is 3. The zero-order chi connectivity index (χ0) is 14.9. The first-order valence-corrected chi connectivity index (χ1v) is 7.68. The molecule has 0 unspecified atom stereocenters. The van der Waals surface area contributed by atoms with Crippen LogP contribution in [0.2, 0.25) is 5.15 Å². The summed E-state index contributed by atoms with van der Waals surface area (Å²) >= 11 is 5.91. The van der Waals surface area contributed by atoms with E-state index >= 15 is 0 Å². The van der Waals surface area contributed by atoms with Crippen molar-refractivity contribution < 1.29 is 8.42 Å². The Morgan fingerprint density at radius 1 is 1.50 bits per heavy atom. The van der Waals surface area contributed by atoms with Crippen LogP contribution in [0.15, 0.2) is 23.4 Å². The number of sulfonamides is 1. The van der Waals surface area contributed by atoms with Gasteiger partial charge in [-0.3, -0.25) is 9.40 Å². The Bertz CT molecular complexity index is 721. The molecule has 0 aliphatic rings. The molecule has 0 atom stereocenters. The minimum absolute atomic E-state index is 0.0583. The fourth-order valence-corrected chi connectivity index (χ4v) is 3.15. The van der Waals surface area contributed by atoms with E-state index in [0.29, 0.717) is 12.1 Å². The molecule has 0 spiro atoms. The highest BCUT2D eigenvalue weighted by atomic mass is 35.5. The molecule has 3 N–H and O–H groups in total. The van der Waals surface area contributed by atoms with Crippen LogP contribution < -0.4 is 10.5 Å². The Labute approximate surface area is 121 Å². The number of pyridine rings is 1. The molecule has 0 fully saturated rings. The average Bonchev–Trinajstić information content (AvgIpc) is 2.76. The monoisotopic (exact) mass is 315 g/mol. The second-order valence-electron chi connectivity index (χ2n) is 4.13. The number of aryl methyl sites for hydroxylation is 2. The van der Waals surface area contributed by atoms with Crippen molar-refractivity contribution in [2.45, 2.75) is 25.3 Å². The predicted molar refractivity (Wildman–Crippen MR) is 77.1 cm³/mol. The molecule has 9 heteroatoms. The van der Waals surface area contributed by atoms with Gasteiger partial charge in [-0.15, -0.1) is 0 Å². The number of aromatic nitrogens is 3. The quantitative estimate of drug-likeness (QED) is 0.835. The van der Waals surface area contributed by atoms with Crippen molar-refractivity contribution in [3.63, 3.8) is 0 Å². The molecule has 0 radical (unpaired) electrons. The maximum Gasteiger partial charge on any atom is 0.267 e. The van der Waals surface area contributed by atoms with Crippen LogP contribution in [-0.2, 0) is 16.6 Å². The molecule has 108 valence electrons. The first kappa shape index (κ1) is 14.6. The lowest BCUT2D eigenvalue weighted by atomic mass is 10.3. The second kappa shape index (κ2) is 5.29. The summed E-state index contributed by atoms with van der Waals surface area (Å²) in [6.45, 7) is 4.08. The smallest absolute Gasteiger partial charge is 0.267 e. The maximum absolute atomic E-state index is 12.3. The molecule has 0 aliphatic carbocycles. The molecule has 0 amide bonds. The fourth-order valence-electron chi connectivity index (χ4n) is 1.62. The number of rotatable bonds is 4. The molecule has 0 saturated heterocycles. The van der Waals surface area contributed by atoms with Gasteiger partial charge in [0.15, 0.2) is 11.0 Å². The van der Waals surface area contributed by atoms with Crippen LogP contribution in [0.3, 0.4) is 0 Å². The Morgan fingerprint density at radius 3 is 2.75 bits per heavy atom. The van der Waals surface area contributed by atoms with E-state index in [0.717, 1.165) is 0 Å². The average molecular weight is 316 g/mol. The third-order valence-corrected chi connectivity index (χ3v) is 4.37. The first-order valence-electron chi connectivity index (χ1n) is 5.82. The number of halogens is 1. The topological polar surface area (TPSA) is 103 Å². The van der Waals surface area contributed by atoms with Crippen LogP contribution in [0.5, 0.6) is 0 Å². The molecule has 2 aromatic rings. The van der Waals surface area contributed by atoms with Crippen molar-refractivity contribution in [3.8, 4) is 0 Å². The predicted octanol–water partition coefficient (Wildman–Crippen LogP) is 1.64. The second-order valence-corrected chi connectivity index (χ2v) is 6.14. The Balaban J connectivity index is 2.43. The van der Waals surface area contributed by atoms with E-state index in [4.69, 9.17) is 17.3 Å². The highest BCUT2D eigenvalue weighted by Crippen LogP contribution is 2.27. The first-order chi connectivity index (χ1) is 9.35. The Kier molecular flexibility index (Phi) is 3.87. The van der Waals surface area contributed by atoms with Crippen LogP contribution in [0.1, 0.15) is 12.5 Å². The van der Waals surface area contributed by atoms with Crippen molar-refractivity contribution >= 4 is 33.1 Å². The summed E-state index contributed by atoms with van der Waals surface area (Å²) in [6.07, 6.45) is 2.87. The van der Waals surface area contributed by atoms with Gasteiger partial charge in [0.2, 0.25) is 0 Å². The third-order valence-electron chi connectivity index (χ3n) is 2.72. The lowest BCUT2D eigenvalue weighted by molar-refractivity contribution is 0.600. The molecule has 0 saturated carbocycles. The molecule has 7 nitrogen and oxygen atoms in total. The van der Waals surface area contributed by atoms with Gasteiger partial charge in [-0.25, -0.2) is 13.4 Å². The van der Waals surface area contributed by atoms with E-state index in [1.54, 1.807) is 13.0 Å². The van der Waals surface area contributed by atoms with Gasteiger partial charge in [0.1, 0.15) is 4.90 Å². The van der Waals surface area contributed by atoms with Crippen molar-refractivity contribution in [1.82, 2.24) is 14.8 Å². The van der Waals surface area contributed by atoms with Crippen molar-refractivity contribution in [2.24, 2.45) is 0 Å². The van der Waals surface area contributed by atoms with E-state index < -0.39 is 10.0 Å². The number of nitrogen functional groups attached to an aromatic ring is 1. The summed E-state index contributed by atoms with van der Waals surface area (Å²) in [5, 5.41) is 3.99. The number of hydrogen-bond acceptors (Lipinski definition) is 5. The standard InChI is InChI=1S/C11H14ClN5O2S/c1-3-17-6-8(11(13)15-17)20(18,19)16-9-7(2)4-5-14-10(9)12/h4-6,16H,3H2,1-2H3,(H2,13,15). The fraction of sp³-hybridized carbons (Fsp3) is 0.273. The number of nitrogens with two attached hydrogens (primary N) is 1. The molecular formula is C11H14ClN5O2S. The van der Waals surface area contributed by atoms with Crippen LogP contribution in [0, 0.1) is 6.92 Å². The van der Waals surface area contributed by atoms with Crippen molar-refractivity contribution in [1.29, 1.82) is 0 Å². The molecule has 0 aliphatic heterocycles. The molecule has 20 heavy (non-hydrogen) atoms. The van der Waals surface area contributed by atoms with Gasteiger partial charge in [0.25, 0.3) is 10.0 Å². The largest absolute Gasteiger partial charge is 0.381 e. The van der Waals surface area contributed by atoms with E-state index in [1.807, 2.05) is 6.92 Å². The summed E-state index contributed by atoms with van der Waals surface area (Å²) in [5.74, 6) is -0.0583. The van der Waals surface area contributed by atoms with Gasteiger partial charge < -0.3 is 5.73 Å². The van der Waals surface area contributed by atoms with Crippen LogP contribution in [0.25, 0.3) is 0 Å².